The van der Waals surface area contributed by atoms with E-state index in [9.17, 15) is 9.59 Å². The van der Waals surface area contributed by atoms with Crippen LogP contribution in [0, 0.1) is 0 Å². The van der Waals surface area contributed by atoms with Gasteiger partial charge in [0.05, 0.1) is 19.3 Å². The number of carbonyl (C=O) groups excluding carboxylic acids is 1. The summed E-state index contributed by atoms with van der Waals surface area (Å²) >= 11 is 0. The molecule has 1 aliphatic rings. The van der Waals surface area contributed by atoms with Gasteiger partial charge in [-0.1, -0.05) is 0 Å². The molecule has 0 radical (unpaired) electrons. The van der Waals surface area contributed by atoms with Crippen molar-refractivity contribution in [3.05, 3.63) is 0 Å². The molecule has 0 aromatic rings. The number of ether oxygens (including phenoxy) is 2. The molecule has 0 spiro atoms. The number of carbonyl (C=O) groups is 2. The van der Waals surface area contributed by atoms with Gasteiger partial charge in [-0.2, -0.15) is 0 Å². The van der Waals surface area contributed by atoms with Gasteiger partial charge in [0.2, 0.25) is 0 Å². The van der Waals surface area contributed by atoms with Crippen LogP contribution in [0.2, 0.25) is 0 Å². The Labute approximate surface area is 106 Å². The molecule has 0 bridgehead atoms. The molecule has 1 aliphatic heterocycles. The summed E-state index contributed by atoms with van der Waals surface area (Å²) in [6, 6.07) is -0.372. The number of alkyl carbamates (subject to hydrolysis) is 1. The van der Waals surface area contributed by atoms with Crippen molar-refractivity contribution in [1.29, 1.82) is 0 Å². The lowest BCUT2D eigenvalue weighted by Gasteiger charge is -2.33. The topological polar surface area (TPSA) is 88.1 Å². The molecule has 1 atom stereocenters. The highest BCUT2D eigenvalue weighted by Gasteiger charge is 2.27. The van der Waals surface area contributed by atoms with E-state index in [1.54, 1.807) is 20.8 Å². The number of morpholine rings is 1. The molecule has 2 amide bonds. The van der Waals surface area contributed by atoms with E-state index >= 15 is 0 Å². The highest BCUT2D eigenvalue weighted by molar-refractivity contribution is 5.68. The molecule has 1 saturated heterocycles. The van der Waals surface area contributed by atoms with E-state index in [2.05, 4.69) is 5.32 Å². The standard InChI is InChI=1S/C11H20N2O5/c1-11(2,3)18-9(14)12-6-8-7-17-5-4-13(8)10(15)16/h8H,4-7H2,1-3H3,(H,12,14)(H,15,16)/t8-/m0/s1. The van der Waals surface area contributed by atoms with Crippen molar-refractivity contribution in [2.45, 2.75) is 32.4 Å². The largest absolute Gasteiger partial charge is 0.465 e. The first-order valence-corrected chi connectivity index (χ1v) is 5.84. The van der Waals surface area contributed by atoms with Gasteiger partial charge in [0.25, 0.3) is 0 Å². The SMILES string of the molecule is CC(C)(C)OC(=O)NC[C@H]1COCCN1C(=O)O. The van der Waals surface area contributed by atoms with Crippen LogP contribution >= 0.6 is 0 Å². The maximum atomic E-state index is 11.4. The Morgan fingerprint density at radius 1 is 1.50 bits per heavy atom. The maximum Gasteiger partial charge on any atom is 0.407 e. The zero-order valence-corrected chi connectivity index (χ0v) is 10.9. The minimum Gasteiger partial charge on any atom is -0.465 e. The van der Waals surface area contributed by atoms with Gasteiger partial charge >= 0.3 is 12.2 Å². The molecule has 1 fully saturated rings. The monoisotopic (exact) mass is 260 g/mol. The highest BCUT2D eigenvalue weighted by Crippen LogP contribution is 2.08. The number of hydrogen-bond acceptors (Lipinski definition) is 4. The molecule has 0 aromatic heterocycles. The van der Waals surface area contributed by atoms with Crippen LogP contribution in [-0.4, -0.2) is 60.1 Å². The Balaban J connectivity index is 2.41. The highest BCUT2D eigenvalue weighted by atomic mass is 16.6. The van der Waals surface area contributed by atoms with Crippen molar-refractivity contribution in [3.63, 3.8) is 0 Å². The number of amides is 2. The molecule has 2 N–H and O–H groups in total. The van der Waals surface area contributed by atoms with E-state index in [0.717, 1.165) is 0 Å². The second-order valence-electron chi connectivity index (χ2n) is 5.09. The quantitative estimate of drug-likeness (QED) is 0.769. The first kappa shape index (κ1) is 14.6. The summed E-state index contributed by atoms with van der Waals surface area (Å²) in [5.41, 5.74) is -0.570. The lowest BCUT2D eigenvalue weighted by atomic mass is 10.2. The Kier molecular flexibility index (Phi) is 4.77. The van der Waals surface area contributed by atoms with Crippen molar-refractivity contribution in [3.8, 4) is 0 Å². The summed E-state index contributed by atoms with van der Waals surface area (Å²) in [4.78, 5) is 23.7. The van der Waals surface area contributed by atoms with E-state index in [-0.39, 0.29) is 19.2 Å². The molecular formula is C11H20N2O5. The summed E-state index contributed by atoms with van der Waals surface area (Å²) in [6.45, 7) is 6.45. The third kappa shape index (κ3) is 4.79. The summed E-state index contributed by atoms with van der Waals surface area (Å²) in [5.74, 6) is 0. The van der Waals surface area contributed by atoms with Crippen molar-refractivity contribution < 1.29 is 24.2 Å². The lowest BCUT2D eigenvalue weighted by molar-refractivity contribution is -0.00170. The minimum atomic E-state index is -1.01. The van der Waals surface area contributed by atoms with E-state index in [1.165, 1.54) is 4.90 Å². The number of carboxylic acid groups (broad SMARTS) is 1. The van der Waals surface area contributed by atoms with Gasteiger partial charge in [-0.3, -0.25) is 4.90 Å². The van der Waals surface area contributed by atoms with Gasteiger partial charge in [-0.25, -0.2) is 9.59 Å². The summed E-state index contributed by atoms with van der Waals surface area (Å²) in [6.07, 6.45) is -1.56. The van der Waals surface area contributed by atoms with Crippen molar-refractivity contribution in [1.82, 2.24) is 10.2 Å². The van der Waals surface area contributed by atoms with Crippen molar-refractivity contribution in [2.24, 2.45) is 0 Å². The van der Waals surface area contributed by atoms with Gasteiger partial charge < -0.3 is 19.9 Å². The minimum absolute atomic E-state index is 0.182. The second-order valence-corrected chi connectivity index (χ2v) is 5.09. The first-order valence-electron chi connectivity index (χ1n) is 5.84. The smallest absolute Gasteiger partial charge is 0.407 e. The van der Waals surface area contributed by atoms with Crippen molar-refractivity contribution >= 4 is 12.2 Å². The molecule has 104 valence electrons. The van der Waals surface area contributed by atoms with E-state index < -0.39 is 17.8 Å². The van der Waals surface area contributed by atoms with E-state index in [1.807, 2.05) is 0 Å². The molecule has 0 aliphatic carbocycles. The maximum absolute atomic E-state index is 11.4. The third-order valence-electron chi connectivity index (χ3n) is 2.35. The van der Waals surface area contributed by atoms with Crippen LogP contribution < -0.4 is 5.32 Å². The van der Waals surface area contributed by atoms with Gasteiger partial charge in [0, 0.05) is 13.1 Å². The van der Waals surface area contributed by atoms with Gasteiger partial charge in [0.15, 0.2) is 0 Å². The molecular weight excluding hydrogens is 240 g/mol. The molecule has 0 unspecified atom stereocenters. The van der Waals surface area contributed by atoms with Crippen LogP contribution in [0.1, 0.15) is 20.8 Å². The van der Waals surface area contributed by atoms with Crippen molar-refractivity contribution in [2.75, 3.05) is 26.3 Å². The summed E-state index contributed by atoms with van der Waals surface area (Å²) in [7, 11) is 0. The zero-order chi connectivity index (χ0) is 13.8. The van der Waals surface area contributed by atoms with Gasteiger partial charge in [0.1, 0.15) is 5.60 Å². The summed E-state index contributed by atoms with van der Waals surface area (Å²) < 4.78 is 10.3. The molecule has 1 rings (SSSR count). The van der Waals surface area contributed by atoms with Crippen LogP contribution in [0.5, 0.6) is 0 Å². The molecule has 0 saturated carbocycles. The van der Waals surface area contributed by atoms with Gasteiger partial charge in [-0.15, -0.1) is 0 Å². The molecule has 0 aromatic carbocycles. The predicted octanol–water partition coefficient (Wildman–Crippen LogP) is 0.890. The first-order chi connectivity index (χ1) is 8.29. The van der Waals surface area contributed by atoms with Crippen LogP contribution in [0.15, 0.2) is 0 Å². The van der Waals surface area contributed by atoms with Crippen LogP contribution in [0.4, 0.5) is 9.59 Å². The average Bonchev–Trinajstić information content (AvgIpc) is 2.24. The number of nitrogens with one attached hydrogen (secondary N) is 1. The molecule has 1 heterocycles. The van der Waals surface area contributed by atoms with Crippen LogP contribution in [0.25, 0.3) is 0 Å². The number of nitrogens with zero attached hydrogens (tertiary/aromatic N) is 1. The fraction of sp³-hybridized carbons (Fsp3) is 0.818. The average molecular weight is 260 g/mol. The van der Waals surface area contributed by atoms with E-state index in [0.29, 0.717) is 13.2 Å². The number of rotatable bonds is 2. The fourth-order valence-corrected chi connectivity index (χ4v) is 1.59. The Morgan fingerprint density at radius 3 is 2.72 bits per heavy atom. The molecule has 7 heteroatoms. The zero-order valence-electron chi connectivity index (χ0n) is 10.9. The number of hydrogen-bond donors (Lipinski definition) is 2. The van der Waals surface area contributed by atoms with Crippen LogP contribution in [0.3, 0.4) is 0 Å². The Morgan fingerprint density at radius 2 is 2.17 bits per heavy atom. The van der Waals surface area contributed by atoms with Crippen LogP contribution in [-0.2, 0) is 9.47 Å². The Hall–Kier alpha value is -1.50. The molecule has 18 heavy (non-hydrogen) atoms. The summed E-state index contributed by atoms with van der Waals surface area (Å²) in [5, 5.41) is 11.5. The normalized spacial score (nSPS) is 20.4. The fourth-order valence-electron chi connectivity index (χ4n) is 1.59. The van der Waals surface area contributed by atoms with E-state index in [4.69, 9.17) is 14.6 Å². The molecule has 7 nitrogen and oxygen atoms in total. The van der Waals surface area contributed by atoms with Gasteiger partial charge in [-0.05, 0) is 20.8 Å². The third-order valence-corrected chi connectivity index (χ3v) is 2.35. The Bertz CT molecular complexity index is 313. The lowest BCUT2D eigenvalue weighted by Crippen LogP contribution is -2.53. The second kappa shape index (κ2) is 5.90. The predicted molar refractivity (Wildman–Crippen MR) is 63.6 cm³/mol.